The molecule has 0 aromatic rings. The molecule has 3 atom stereocenters. The Morgan fingerprint density at radius 2 is 2.18 bits per heavy atom. The van der Waals surface area contributed by atoms with Crippen molar-refractivity contribution in [2.45, 2.75) is 64.2 Å². The third kappa shape index (κ3) is 2.52. The summed E-state index contributed by atoms with van der Waals surface area (Å²) >= 11 is 0. The van der Waals surface area contributed by atoms with E-state index in [1.165, 1.54) is 0 Å². The molecule has 2 aliphatic heterocycles. The topological polar surface area (TPSA) is 40.5 Å². The predicted molar refractivity (Wildman–Crippen MR) is 65.7 cm³/mol. The van der Waals surface area contributed by atoms with Gasteiger partial charge in [0.15, 0.2) is 0 Å². The molecule has 0 aromatic heterocycles. The molecule has 17 heavy (non-hydrogen) atoms. The second-order valence-electron chi connectivity index (χ2n) is 4.71. The van der Waals surface area contributed by atoms with Gasteiger partial charge in [0.25, 0.3) is 0 Å². The van der Waals surface area contributed by atoms with E-state index in [0.717, 1.165) is 12.8 Å². The van der Waals surface area contributed by atoms with E-state index in [9.17, 15) is 14.3 Å². The summed E-state index contributed by atoms with van der Waals surface area (Å²) in [6.07, 6.45) is 1.53. The van der Waals surface area contributed by atoms with E-state index >= 15 is 0 Å². The summed E-state index contributed by atoms with van der Waals surface area (Å²) in [6, 6.07) is -0.150. The first-order valence-electron chi connectivity index (χ1n) is 6.67. The van der Waals surface area contributed by atoms with Crippen molar-refractivity contribution in [2.75, 3.05) is 13.2 Å². The van der Waals surface area contributed by atoms with Crippen LogP contribution in [0.4, 0.5) is 4.39 Å². The third-order valence-corrected chi connectivity index (χ3v) is 3.88. The lowest BCUT2D eigenvalue weighted by molar-refractivity contribution is -0.124. The number of carbonyl (C=O) groups excluding carboxylic acids is 1. The van der Waals surface area contributed by atoms with Gasteiger partial charge in [-0.05, 0) is 12.8 Å². The number of Topliss-reactive ketones (excluding diaryl/α,β-unsaturated/α-hetero) is 1. The Morgan fingerprint density at radius 1 is 1.53 bits per heavy atom. The number of ketones is 1. The molecule has 2 heterocycles. The number of aliphatic hydroxyl groups excluding tert-OH is 1. The van der Waals surface area contributed by atoms with Crippen LogP contribution in [0.2, 0.25) is 0 Å². The van der Waals surface area contributed by atoms with Gasteiger partial charge in [0, 0.05) is 24.9 Å². The Bertz CT molecular complexity index is 272. The van der Waals surface area contributed by atoms with Crippen molar-refractivity contribution in [2.24, 2.45) is 0 Å². The van der Waals surface area contributed by atoms with Crippen LogP contribution in [0.3, 0.4) is 0 Å². The summed E-state index contributed by atoms with van der Waals surface area (Å²) in [6.45, 7) is 6.13. The summed E-state index contributed by atoms with van der Waals surface area (Å²) in [5, 5.41) is 9.40. The van der Waals surface area contributed by atoms with Gasteiger partial charge in [-0.15, -0.1) is 0 Å². The molecule has 0 aromatic carbocycles. The number of nitrogens with zero attached hydrogens (tertiary/aromatic N) is 1. The molecule has 2 rings (SSSR count). The number of aliphatic hydroxyl groups is 1. The summed E-state index contributed by atoms with van der Waals surface area (Å²) in [5.41, 5.74) is -0.436. The van der Waals surface area contributed by atoms with Crippen molar-refractivity contribution in [1.82, 2.24) is 4.90 Å². The van der Waals surface area contributed by atoms with Gasteiger partial charge in [0.05, 0.1) is 12.6 Å². The molecule has 0 saturated carbocycles. The maximum Gasteiger partial charge on any atom is 0.149 e. The van der Waals surface area contributed by atoms with Gasteiger partial charge in [-0.3, -0.25) is 9.69 Å². The van der Waals surface area contributed by atoms with E-state index in [2.05, 4.69) is 0 Å². The second-order valence-corrected chi connectivity index (χ2v) is 4.71. The number of hydrogen-bond acceptors (Lipinski definition) is 3. The molecule has 0 aliphatic carbocycles. The largest absolute Gasteiger partial charge is 0.394 e. The Hall–Kier alpha value is -0.480. The van der Waals surface area contributed by atoms with Crippen molar-refractivity contribution in [3.8, 4) is 0 Å². The fraction of sp³-hybridized carbons (Fsp3) is 0.923. The van der Waals surface area contributed by atoms with E-state index in [1.54, 1.807) is 0 Å². The van der Waals surface area contributed by atoms with Crippen LogP contribution >= 0.6 is 0 Å². The van der Waals surface area contributed by atoms with Crippen LogP contribution in [0.15, 0.2) is 0 Å². The van der Waals surface area contributed by atoms with Gasteiger partial charge in [-0.2, -0.15) is 0 Å². The SMILES string of the molecule is CC.CCC(=O)[C@H]1CC[C@]2(CO)C[C@@H](F)CN12. The highest BCUT2D eigenvalue weighted by Crippen LogP contribution is 2.43. The zero-order valence-corrected chi connectivity index (χ0v) is 11.1. The van der Waals surface area contributed by atoms with Gasteiger partial charge < -0.3 is 5.11 Å². The molecule has 3 nitrogen and oxygen atoms in total. The highest BCUT2D eigenvalue weighted by atomic mass is 19.1. The smallest absolute Gasteiger partial charge is 0.149 e. The number of fused-ring (bicyclic) bond motifs is 1. The van der Waals surface area contributed by atoms with Crippen LogP contribution < -0.4 is 0 Å². The lowest BCUT2D eigenvalue weighted by atomic mass is 9.95. The van der Waals surface area contributed by atoms with Crippen molar-refractivity contribution < 1.29 is 14.3 Å². The highest BCUT2D eigenvalue weighted by molar-refractivity contribution is 5.84. The first kappa shape index (κ1) is 14.6. The normalized spacial score (nSPS) is 36.3. The van der Waals surface area contributed by atoms with E-state index in [1.807, 2.05) is 25.7 Å². The molecule has 2 fully saturated rings. The number of alkyl halides is 1. The van der Waals surface area contributed by atoms with Gasteiger partial charge in [0.2, 0.25) is 0 Å². The molecule has 4 heteroatoms. The van der Waals surface area contributed by atoms with Crippen molar-refractivity contribution >= 4 is 5.78 Å². The molecule has 2 aliphatic rings. The van der Waals surface area contributed by atoms with Crippen LogP contribution in [0.5, 0.6) is 0 Å². The number of hydrogen-bond donors (Lipinski definition) is 1. The van der Waals surface area contributed by atoms with Crippen LogP contribution in [0.25, 0.3) is 0 Å². The number of rotatable bonds is 3. The van der Waals surface area contributed by atoms with Crippen LogP contribution in [-0.2, 0) is 4.79 Å². The molecular formula is C13H24FNO2. The minimum Gasteiger partial charge on any atom is -0.394 e. The Kier molecular flexibility index (Phi) is 5.07. The Labute approximate surface area is 103 Å². The second kappa shape index (κ2) is 5.91. The van der Waals surface area contributed by atoms with Gasteiger partial charge >= 0.3 is 0 Å². The highest BCUT2D eigenvalue weighted by Gasteiger charge is 2.53. The maximum atomic E-state index is 13.4. The van der Waals surface area contributed by atoms with Crippen LogP contribution in [0, 0.1) is 0 Å². The number of carbonyl (C=O) groups is 1. The van der Waals surface area contributed by atoms with E-state index in [0.29, 0.717) is 19.4 Å². The lowest BCUT2D eigenvalue weighted by Gasteiger charge is -2.32. The van der Waals surface area contributed by atoms with Crippen LogP contribution in [0.1, 0.15) is 46.5 Å². The molecule has 0 bridgehead atoms. The average Bonchev–Trinajstić information content (AvgIpc) is 2.85. The minimum absolute atomic E-state index is 0.0269. The fourth-order valence-corrected chi connectivity index (χ4v) is 3.07. The van der Waals surface area contributed by atoms with Crippen molar-refractivity contribution in [3.63, 3.8) is 0 Å². The number of halogens is 1. The predicted octanol–water partition coefficient (Wildman–Crippen LogP) is 1.93. The fourth-order valence-electron chi connectivity index (χ4n) is 3.07. The Morgan fingerprint density at radius 3 is 2.71 bits per heavy atom. The van der Waals surface area contributed by atoms with E-state index in [-0.39, 0.29) is 18.4 Å². The minimum atomic E-state index is -0.885. The zero-order chi connectivity index (χ0) is 13.1. The quantitative estimate of drug-likeness (QED) is 0.826. The molecule has 0 spiro atoms. The molecule has 0 amide bonds. The van der Waals surface area contributed by atoms with Crippen molar-refractivity contribution in [1.29, 1.82) is 0 Å². The van der Waals surface area contributed by atoms with Gasteiger partial charge in [-0.1, -0.05) is 20.8 Å². The molecule has 1 N–H and O–H groups in total. The molecule has 2 saturated heterocycles. The van der Waals surface area contributed by atoms with E-state index in [4.69, 9.17) is 0 Å². The average molecular weight is 245 g/mol. The van der Waals surface area contributed by atoms with Crippen molar-refractivity contribution in [3.05, 3.63) is 0 Å². The van der Waals surface area contributed by atoms with Gasteiger partial charge in [-0.25, -0.2) is 4.39 Å². The summed E-state index contributed by atoms with van der Waals surface area (Å²) in [7, 11) is 0. The van der Waals surface area contributed by atoms with Crippen LogP contribution in [-0.4, -0.2) is 46.7 Å². The summed E-state index contributed by atoms with van der Waals surface area (Å²) in [5.74, 6) is 0.180. The monoisotopic (exact) mass is 245 g/mol. The maximum absolute atomic E-state index is 13.4. The summed E-state index contributed by atoms with van der Waals surface area (Å²) in [4.78, 5) is 13.6. The molecule has 0 unspecified atom stereocenters. The lowest BCUT2D eigenvalue weighted by Crippen LogP contribution is -2.47. The Balaban J connectivity index is 0.000000686. The summed E-state index contributed by atoms with van der Waals surface area (Å²) < 4.78 is 13.4. The third-order valence-electron chi connectivity index (χ3n) is 3.88. The molecule has 0 radical (unpaired) electrons. The zero-order valence-electron chi connectivity index (χ0n) is 11.1. The molecule has 100 valence electrons. The van der Waals surface area contributed by atoms with E-state index < -0.39 is 11.7 Å². The molecular weight excluding hydrogens is 221 g/mol. The first-order valence-corrected chi connectivity index (χ1v) is 6.67. The standard InChI is InChI=1S/C11H18FNO2.C2H6/c1-2-10(15)9-3-4-11(7-14)5-8(12)6-13(9)11;1-2/h8-9,14H,2-7H2,1H3;1-2H3/t8-,9-,11-;/m1./s1. The van der Waals surface area contributed by atoms with Gasteiger partial charge in [0.1, 0.15) is 12.0 Å². The first-order chi connectivity index (χ1) is 8.13.